The number of hydrogen-bond acceptors (Lipinski definition) is 5. The third-order valence-corrected chi connectivity index (χ3v) is 5.91. The number of rotatable bonds is 7. The molecule has 3 N–H and O–H groups in total. The summed E-state index contributed by atoms with van der Waals surface area (Å²) in [6.07, 6.45) is 0.0940. The van der Waals surface area contributed by atoms with Gasteiger partial charge < -0.3 is 5.32 Å². The van der Waals surface area contributed by atoms with Crippen molar-refractivity contribution in [1.29, 1.82) is 0 Å². The van der Waals surface area contributed by atoms with E-state index in [0.717, 1.165) is 17.0 Å². The first kappa shape index (κ1) is 20.6. The summed E-state index contributed by atoms with van der Waals surface area (Å²) in [6.45, 7) is 0. The summed E-state index contributed by atoms with van der Waals surface area (Å²) < 4.78 is 38.1. The second-order valence-corrected chi connectivity index (χ2v) is 8.58. The van der Waals surface area contributed by atoms with Crippen LogP contribution in [0.25, 0.3) is 0 Å². The molecule has 150 valence electrons. The Hall–Kier alpha value is -3.08. The number of anilines is 1. The number of benzene rings is 2. The van der Waals surface area contributed by atoms with Crippen LogP contribution in [-0.4, -0.2) is 20.2 Å². The van der Waals surface area contributed by atoms with Gasteiger partial charge in [-0.1, -0.05) is 24.3 Å². The van der Waals surface area contributed by atoms with Crippen molar-refractivity contribution >= 4 is 38.9 Å². The number of nitrogens with one attached hydrogen (secondary N) is 3. The minimum Gasteiger partial charge on any atom is -0.325 e. The molecule has 0 spiro atoms. The molecule has 0 fully saturated rings. The van der Waals surface area contributed by atoms with Crippen LogP contribution in [0.15, 0.2) is 70.9 Å². The van der Waals surface area contributed by atoms with Crippen molar-refractivity contribution in [3.05, 3.63) is 82.3 Å². The number of hydrazine groups is 1. The average molecular weight is 433 g/mol. The number of carbonyl (C=O) groups excluding carboxylic acids is 2. The van der Waals surface area contributed by atoms with Crippen LogP contribution in [0.5, 0.6) is 0 Å². The van der Waals surface area contributed by atoms with Gasteiger partial charge in [-0.25, -0.2) is 12.8 Å². The van der Waals surface area contributed by atoms with Gasteiger partial charge >= 0.3 is 0 Å². The molecule has 7 nitrogen and oxygen atoms in total. The van der Waals surface area contributed by atoms with Gasteiger partial charge in [-0.3, -0.25) is 15.0 Å². The van der Waals surface area contributed by atoms with Gasteiger partial charge in [-0.2, -0.15) is 0 Å². The molecule has 3 rings (SSSR count). The topological polar surface area (TPSA) is 104 Å². The Kier molecular flexibility index (Phi) is 6.37. The molecule has 2 aromatic carbocycles. The van der Waals surface area contributed by atoms with E-state index >= 15 is 0 Å². The Bertz CT molecular complexity index is 1120. The molecule has 3 aromatic rings. The van der Waals surface area contributed by atoms with Crippen molar-refractivity contribution in [1.82, 2.24) is 10.3 Å². The van der Waals surface area contributed by atoms with Crippen LogP contribution in [0.3, 0.4) is 0 Å². The number of halogens is 1. The van der Waals surface area contributed by atoms with Crippen LogP contribution < -0.4 is 15.6 Å². The van der Waals surface area contributed by atoms with E-state index in [1.807, 2.05) is 21.7 Å². The largest absolute Gasteiger partial charge is 0.325 e. The van der Waals surface area contributed by atoms with Gasteiger partial charge in [0, 0.05) is 4.88 Å². The van der Waals surface area contributed by atoms with Crippen molar-refractivity contribution in [3.8, 4) is 0 Å². The molecule has 0 aliphatic rings. The highest BCUT2D eigenvalue weighted by Crippen LogP contribution is 2.18. The highest BCUT2D eigenvalue weighted by Gasteiger charge is 2.19. The van der Waals surface area contributed by atoms with Crippen LogP contribution >= 0.6 is 11.3 Å². The molecule has 2 amide bonds. The molecule has 0 radical (unpaired) electrons. The summed E-state index contributed by atoms with van der Waals surface area (Å²) in [4.78, 5) is 27.4. The van der Waals surface area contributed by atoms with Gasteiger partial charge in [0.15, 0.2) is 0 Å². The molecule has 0 atom stereocenters. The van der Waals surface area contributed by atoms with Crippen LogP contribution in [0.2, 0.25) is 0 Å². The molecule has 1 heterocycles. The Balaban J connectivity index is 1.73. The number of thiophene rings is 1. The fraction of sp³-hybridized carbons (Fsp3) is 0.0526. The monoisotopic (exact) mass is 433 g/mol. The molecular weight excluding hydrogens is 417 g/mol. The Morgan fingerprint density at radius 3 is 2.45 bits per heavy atom. The van der Waals surface area contributed by atoms with Gasteiger partial charge in [0.05, 0.1) is 22.6 Å². The normalized spacial score (nSPS) is 11.1. The lowest BCUT2D eigenvalue weighted by Gasteiger charge is -2.12. The molecule has 0 aliphatic heterocycles. The van der Waals surface area contributed by atoms with Gasteiger partial charge in [0.25, 0.3) is 15.9 Å². The molecule has 0 unspecified atom stereocenters. The zero-order valence-electron chi connectivity index (χ0n) is 14.9. The average Bonchev–Trinajstić information content (AvgIpc) is 3.21. The van der Waals surface area contributed by atoms with E-state index in [1.165, 1.54) is 41.7 Å². The molecule has 0 saturated carbocycles. The van der Waals surface area contributed by atoms with E-state index in [-0.39, 0.29) is 22.6 Å². The SMILES string of the molecule is O=C(Cc1cccs1)Nc1ccc(F)cc1C(=O)NNS(=O)(=O)c1ccccc1. The van der Waals surface area contributed by atoms with Crippen LogP contribution in [0.1, 0.15) is 15.2 Å². The molecule has 29 heavy (non-hydrogen) atoms. The lowest BCUT2D eigenvalue weighted by atomic mass is 10.1. The molecular formula is C19H16FN3O4S2. The Labute approximate surface area is 170 Å². The third kappa shape index (κ3) is 5.47. The second-order valence-electron chi connectivity index (χ2n) is 5.87. The van der Waals surface area contributed by atoms with Crippen molar-refractivity contribution in [2.24, 2.45) is 0 Å². The van der Waals surface area contributed by atoms with Gasteiger partial charge in [-0.05, 0) is 41.8 Å². The molecule has 0 bridgehead atoms. The first-order valence-electron chi connectivity index (χ1n) is 8.34. The number of carbonyl (C=O) groups is 2. The van der Waals surface area contributed by atoms with E-state index in [0.29, 0.717) is 0 Å². The highest BCUT2D eigenvalue weighted by molar-refractivity contribution is 7.89. The maximum atomic E-state index is 13.7. The maximum Gasteiger partial charge on any atom is 0.268 e. The van der Waals surface area contributed by atoms with E-state index in [4.69, 9.17) is 0 Å². The molecule has 0 aliphatic carbocycles. The molecule has 10 heteroatoms. The zero-order chi connectivity index (χ0) is 20.9. The standard InChI is InChI=1S/C19H16FN3O4S2/c20-13-8-9-17(21-18(24)12-14-5-4-10-28-14)16(11-13)19(25)22-23-29(26,27)15-6-2-1-3-7-15/h1-11,23H,12H2,(H,21,24)(H,22,25). The van der Waals surface area contributed by atoms with Crippen molar-refractivity contribution in [2.45, 2.75) is 11.3 Å². The Morgan fingerprint density at radius 2 is 1.76 bits per heavy atom. The summed E-state index contributed by atoms with van der Waals surface area (Å²) in [6, 6.07) is 14.3. The predicted molar refractivity (Wildman–Crippen MR) is 107 cm³/mol. The zero-order valence-corrected chi connectivity index (χ0v) is 16.5. The summed E-state index contributed by atoms with van der Waals surface area (Å²) >= 11 is 1.41. The molecule has 0 saturated heterocycles. The quantitative estimate of drug-likeness (QED) is 0.498. The fourth-order valence-corrected chi connectivity index (χ4v) is 3.98. The van der Waals surface area contributed by atoms with E-state index < -0.39 is 27.7 Å². The van der Waals surface area contributed by atoms with Crippen LogP contribution in [-0.2, 0) is 21.2 Å². The molecule has 1 aromatic heterocycles. The van der Waals surface area contributed by atoms with Gasteiger partial charge in [0.2, 0.25) is 5.91 Å². The minimum atomic E-state index is -4.01. The third-order valence-electron chi connectivity index (χ3n) is 3.77. The van der Waals surface area contributed by atoms with Crippen molar-refractivity contribution < 1.29 is 22.4 Å². The lowest BCUT2D eigenvalue weighted by Crippen LogP contribution is -2.41. The maximum absolute atomic E-state index is 13.7. The van der Waals surface area contributed by atoms with Crippen LogP contribution in [0, 0.1) is 5.82 Å². The smallest absolute Gasteiger partial charge is 0.268 e. The van der Waals surface area contributed by atoms with Gasteiger partial charge in [0.1, 0.15) is 5.82 Å². The summed E-state index contributed by atoms with van der Waals surface area (Å²) in [5.74, 6) is -2.02. The lowest BCUT2D eigenvalue weighted by molar-refractivity contribution is -0.115. The van der Waals surface area contributed by atoms with E-state index in [9.17, 15) is 22.4 Å². The highest BCUT2D eigenvalue weighted by atomic mass is 32.2. The van der Waals surface area contributed by atoms with Gasteiger partial charge in [-0.15, -0.1) is 16.2 Å². The van der Waals surface area contributed by atoms with Crippen LogP contribution in [0.4, 0.5) is 10.1 Å². The summed E-state index contributed by atoms with van der Waals surface area (Å²) in [7, 11) is -4.01. The summed E-state index contributed by atoms with van der Waals surface area (Å²) in [5, 5.41) is 4.38. The summed E-state index contributed by atoms with van der Waals surface area (Å²) in [5.41, 5.74) is 1.87. The minimum absolute atomic E-state index is 0.0518. The number of hydrogen-bond donors (Lipinski definition) is 3. The predicted octanol–water partition coefficient (Wildman–Crippen LogP) is 2.69. The van der Waals surface area contributed by atoms with Crippen molar-refractivity contribution in [2.75, 3.05) is 5.32 Å². The first-order chi connectivity index (χ1) is 13.8. The van der Waals surface area contributed by atoms with E-state index in [2.05, 4.69) is 5.32 Å². The first-order valence-corrected chi connectivity index (χ1v) is 10.7. The van der Waals surface area contributed by atoms with Crippen molar-refractivity contribution in [3.63, 3.8) is 0 Å². The second kappa shape index (κ2) is 8.95. The number of amides is 2. The van der Waals surface area contributed by atoms with E-state index in [1.54, 1.807) is 12.1 Å². The number of sulfonamides is 1. The fourth-order valence-electron chi connectivity index (χ4n) is 2.42. The Morgan fingerprint density at radius 1 is 1.00 bits per heavy atom.